The quantitative estimate of drug-likeness (QED) is 0.395. The highest BCUT2D eigenvalue weighted by Crippen LogP contribution is 2.36. The minimum atomic E-state index is -4.56. The average molecular weight is 485 g/mol. The molecule has 4 aromatic rings. The lowest BCUT2D eigenvalue weighted by Gasteiger charge is -2.29. The number of fused-ring (bicyclic) bond motifs is 2. The zero-order valence-corrected chi connectivity index (χ0v) is 18.8. The van der Waals surface area contributed by atoms with Crippen molar-refractivity contribution in [2.45, 2.75) is 39.0 Å². The van der Waals surface area contributed by atoms with Crippen LogP contribution in [0.5, 0.6) is 11.8 Å². The molecule has 0 N–H and O–H groups in total. The fourth-order valence-corrected chi connectivity index (χ4v) is 4.99. The van der Waals surface area contributed by atoms with Crippen molar-refractivity contribution in [2.75, 3.05) is 11.4 Å². The molecule has 0 atom stereocenters. The standard InChI is InChI=1S/C22H18F3N7OS/c1-2-4-15-10-16-18(31-7-8-32-17(12-31)29-30-20(32)22(23,24)25)27-21(28-19(16)34-15)33-14-6-3-5-13(9-14)11-26/h3,5-6,9-10H,2,4,7-8,12H2,1H3. The summed E-state index contributed by atoms with van der Waals surface area (Å²) < 4.78 is 46.7. The molecule has 12 heteroatoms. The summed E-state index contributed by atoms with van der Waals surface area (Å²) in [6.07, 6.45) is -2.71. The second-order valence-electron chi connectivity index (χ2n) is 7.76. The summed E-state index contributed by atoms with van der Waals surface area (Å²) in [5.41, 5.74) is 0.441. The van der Waals surface area contributed by atoms with E-state index in [9.17, 15) is 13.2 Å². The Balaban J connectivity index is 1.54. The molecule has 8 nitrogen and oxygen atoms in total. The van der Waals surface area contributed by atoms with Crippen molar-refractivity contribution in [3.63, 3.8) is 0 Å². The van der Waals surface area contributed by atoms with Crippen LogP contribution in [0.4, 0.5) is 19.0 Å². The van der Waals surface area contributed by atoms with E-state index in [4.69, 9.17) is 10.00 Å². The van der Waals surface area contributed by atoms with E-state index < -0.39 is 12.0 Å². The van der Waals surface area contributed by atoms with Crippen molar-refractivity contribution >= 4 is 27.4 Å². The van der Waals surface area contributed by atoms with Crippen LogP contribution in [-0.2, 0) is 25.7 Å². The first kappa shape index (κ1) is 22.1. The Hall–Kier alpha value is -3.72. The molecule has 0 unspecified atom stereocenters. The van der Waals surface area contributed by atoms with E-state index in [0.29, 0.717) is 23.7 Å². The van der Waals surface area contributed by atoms with Crippen molar-refractivity contribution in [3.05, 3.63) is 52.4 Å². The van der Waals surface area contributed by atoms with Gasteiger partial charge in [-0.05, 0) is 30.7 Å². The van der Waals surface area contributed by atoms with Gasteiger partial charge in [-0.25, -0.2) is 0 Å². The average Bonchev–Trinajstić information content (AvgIpc) is 3.42. The summed E-state index contributed by atoms with van der Waals surface area (Å²) in [6, 6.07) is 10.8. The number of benzene rings is 1. The molecule has 34 heavy (non-hydrogen) atoms. The number of thiophene rings is 1. The van der Waals surface area contributed by atoms with Crippen LogP contribution in [-0.4, -0.2) is 31.3 Å². The number of ether oxygens (including phenoxy) is 1. The third-order valence-corrected chi connectivity index (χ3v) is 6.47. The molecule has 1 aliphatic heterocycles. The Bertz CT molecular complexity index is 1410. The highest BCUT2D eigenvalue weighted by molar-refractivity contribution is 7.18. The molecule has 3 aromatic heterocycles. The monoisotopic (exact) mass is 485 g/mol. The van der Waals surface area contributed by atoms with Gasteiger partial charge in [0.2, 0.25) is 5.82 Å². The molecule has 5 rings (SSSR count). The summed E-state index contributed by atoms with van der Waals surface area (Å²) in [4.78, 5) is 12.9. The van der Waals surface area contributed by atoms with E-state index in [1.165, 1.54) is 11.3 Å². The van der Waals surface area contributed by atoms with Gasteiger partial charge in [0.1, 0.15) is 16.4 Å². The number of nitriles is 1. The Labute approximate surface area is 196 Å². The van der Waals surface area contributed by atoms with Gasteiger partial charge in [0, 0.05) is 18.0 Å². The number of hydrogen-bond donors (Lipinski definition) is 0. The van der Waals surface area contributed by atoms with Crippen LogP contribution in [0.3, 0.4) is 0 Å². The normalized spacial score (nSPS) is 13.7. The molecule has 0 aliphatic carbocycles. The largest absolute Gasteiger partial charge is 0.451 e. The summed E-state index contributed by atoms with van der Waals surface area (Å²) in [6.45, 7) is 2.58. The van der Waals surface area contributed by atoms with E-state index >= 15 is 0 Å². The van der Waals surface area contributed by atoms with Gasteiger partial charge in [-0.15, -0.1) is 21.5 Å². The zero-order valence-electron chi connectivity index (χ0n) is 18.0. The number of anilines is 1. The van der Waals surface area contributed by atoms with Crippen LogP contribution in [0.15, 0.2) is 30.3 Å². The molecule has 0 radical (unpaired) electrons. The predicted octanol–water partition coefficient (Wildman–Crippen LogP) is 4.94. The van der Waals surface area contributed by atoms with Crippen LogP contribution in [0.2, 0.25) is 0 Å². The molecule has 0 fully saturated rings. The smallest absolute Gasteiger partial charge is 0.424 e. The zero-order chi connectivity index (χ0) is 23.9. The number of aryl methyl sites for hydroxylation is 1. The maximum atomic E-state index is 13.2. The minimum absolute atomic E-state index is 0.0784. The van der Waals surface area contributed by atoms with Gasteiger partial charge in [0.25, 0.3) is 0 Å². The Kier molecular flexibility index (Phi) is 5.57. The van der Waals surface area contributed by atoms with Crippen molar-refractivity contribution in [1.29, 1.82) is 5.26 Å². The highest BCUT2D eigenvalue weighted by atomic mass is 32.1. The third kappa shape index (κ3) is 4.14. The van der Waals surface area contributed by atoms with E-state index in [0.717, 1.165) is 32.5 Å². The van der Waals surface area contributed by atoms with Crippen LogP contribution >= 0.6 is 11.3 Å². The summed E-state index contributed by atoms with van der Waals surface area (Å²) >= 11 is 1.53. The fourth-order valence-electron chi connectivity index (χ4n) is 3.88. The molecule has 174 valence electrons. The molecule has 0 bridgehead atoms. The third-order valence-electron chi connectivity index (χ3n) is 5.38. The molecule has 1 aromatic carbocycles. The first-order valence-corrected chi connectivity index (χ1v) is 11.4. The lowest BCUT2D eigenvalue weighted by atomic mass is 10.2. The predicted molar refractivity (Wildman–Crippen MR) is 119 cm³/mol. The lowest BCUT2D eigenvalue weighted by Crippen LogP contribution is -2.36. The SMILES string of the molecule is CCCc1cc2c(N3CCn4c(nnc4C(F)(F)F)C3)nc(Oc3cccc(C#N)c3)nc2s1. The minimum Gasteiger partial charge on any atom is -0.424 e. The van der Waals surface area contributed by atoms with E-state index in [-0.39, 0.29) is 24.9 Å². The maximum Gasteiger partial charge on any atom is 0.451 e. The van der Waals surface area contributed by atoms with Crippen LogP contribution < -0.4 is 9.64 Å². The lowest BCUT2D eigenvalue weighted by molar-refractivity contribution is -0.147. The summed E-state index contributed by atoms with van der Waals surface area (Å²) in [5.74, 6) is 0.219. The number of hydrogen-bond acceptors (Lipinski definition) is 8. The number of rotatable bonds is 5. The summed E-state index contributed by atoms with van der Waals surface area (Å²) in [5, 5.41) is 17.1. The molecule has 0 spiro atoms. The first-order valence-electron chi connectivity index (χ1n) is 10.6. The van der Waals surface area contributed by atoms with Gasteiger partial charge >= 0.3 is 12.2 Å². The van der Waals surface area contributed by atoms with Crippen molar-refractivity contribution in [2.24, 2.45) is 0 Å². The van der Waals surface area contributed by atoms with Gasteiger partial charge < -0.3 is 14.2 Å². The summed E-state index contributed by atoms with van der Waals surface area (Å²) in [7, 11) is 0. The van der Waals surface area contributed by atoms with Crippen LogP contribution in [0.25, 0.3) is 10.2 Å². The van der Waals surface area contributed by atoms with Gasteiger partial charge in [0.05, 0.1) is 23.6 Å². The molecule has 0 saturated carbocycles. The number of aromatic nitrogens is 5. The van der Waals surface area contributed by atoms with Crippen LogP contribution in [0.1, 0.15) is 35.4 Å². The van der Waals surface area contributed by atoms with Crippen LogP contribution in [0, 0.1) is 11.3 Å². The van der Waals surface area contributed by atoms with E-state index in [1.807, 2.05) is 11.0 Å². The van der Waals surface area contributed by atoms with E-state index in [2.05, 4.69) is 33.2 Å². The Morgan fingerprint density at radius 3 is 2.79 bits per heavy atom. The molecule has 0 amide bonds. The number of halogens is 3. The maximum absolute atomic E-state index is 13.2. The van der Waals surface area contributed by atoms with Crippen molar-refractivity contribution in [3.8, 4) is 17.8 Å². The topological polar surface area (TPSA) is 92.8 Å². The molecule has 1 aliphatic rings. The molecule has 0 saturated heterocycles. The van der Waals surface area contributed by atoms with Crippen molar-refractivity contribution in [1.82, 2.24) is 24.7 Å². The fraction of sp³-hybridized carbons (Fsp3) is 0.318. The number of alkyl halides is 3. The number of nitrogens with zero attached hydrogens (tertiary/aromatic N) is 7. The Morgan fingerprint density at radius 2 is 2.03 bits per heavy atom. The second kappa shape index (κ2) is 8.57. The Morgan fingerprint density at radius 1 is 1.18 bits per heavy atom. The van der Waals surface area contributed by atoms with Gasteiger partial charge in [0.15, 0.2) is 5.82 Å². The van der Waals surface area contributed by atoms with Crippen molar-refractivity contribution < 1.29 is 17.9 Å². The van der Waals surface area contributed by atoms with Gasteiger partial charge in [-0.1, -0.05) is 19.4 Å². The molecular weight excluding hydrogens is 467 g/mol. The van der Waals surface area contributed by atoms with E-state index in [1.54, 1.807) is 24.3 Å². The van der Waals surface area contributed by atoms with Gasteiger partial charge in [-0.2, -0.15) is 28.4 Å². The molecule has 4 heterocycles. The highest BCUT2D eigenvalue weighted by Gasteiger charge is 2.39. The second-order valence-corrected chi connectivity index (χ2v) is 8.88. The van der Waals surface area contributed by atoms with Gasteiger partial charge in [-0.3, -0.25) is 0 Å². The first-order chi connectivity index (χ1) is 16.4. The molecular formula is C22H18F3N7OS.